The van der Waals surface area contributed by atoms with E-state index in [9.17, 15) is 14.4 Å². The van der Waals surface area contributed by atoms with E-state index in [0.29, 0.717) is 39.1 Å². The van der Waals surface area contributed by atoms with E-state index in [0.717, 1.165) is 16.7 Å². The lowest BCUT2D eigenvalue weighted by Crippen LogP contribution is -2.50. The Hall–Kier alpha value is -4.76. The van der Waals surface area contributed by atoms with Crippen LogP contribution in [0.3, 0.4) is 0 Å². The molecule has 2 saturated heterocycles. The van der Waals surface area contributed by atoms with Crippen LogP contribution in [0.1, 0.15) is 23.1 Å². The number of likely N-dealkylation sites (tertiary alicyclic amines) is 1. The summed E-state index contributed by atoms with van der Waals surface area (Å²) in [6, 6.07) is 31.0. The number of thioether (sulfide) groups is 1. The number of carbonyl (C=O) groups is 3. The van der Waals surface area contributed by atoms with Crippen molar-refractivity contribution in [1.29, 1.82) is 0 Å². The first-order valence-electron chi connectivity index (χ1n) is 15.8. The van der Waals surface area contributed by atoms with E-state index in [1.54, 1.807) is 26.9 Å². The maximum Gasteiger partial charge on any atom is 0.410 e. The van der Waals surface area contributed by atoms with Gasteiger partial charge in [0, 0.05) is 44.0 Å². The van der Waals surface area contributed by atoms with E-state index >= 15 is 0 Å². The van der Waals surface area contributed by atoms with Gasteiger partial charge in [0.25, 0.3) is 0 Å². The van der Waals surface area contributed by atoms with Crippen LogP contribution >= 0.6 is 11.8 Å². The molecule has 47 heavy (non-hydrogen) atoms. The molecule has 0 bridgehead atoms. The van der Waals surface area contributed by atoms with Crippen LogP contribution < -0.4 is 0 Å². The zero-order valence-electron chi connectivity index (χ0n) is 26.5. The summed E-state index contributed by atoms with van der Waals surface area (Å²) < 4.78 is 10.1. The van der Waals surface area contributed by atoms with Gasteiger partial charge in [-0.3, -0.25) is 4.79 Å². The van der Waals surface area contributed by atoms with Crippen LogP contribution in [0.4, 0.5) is 9.59 Å². The predicted octanol–water partition coefficient (Wildman–Crippen LogP) is 6.50. The SMILES string of the molecule is C=CCOC(=O)N1CCN(C(=O)C=C[C@@H]2C[C@H](SC(c3ccccc3)(c3ccccc3)c3ccccc3)CN2C(=O)OCC=C)CC1. The van der Waals surface area contributed by atoms with Crippen molar-refractivity contribution in [2.24, 2.45) is 0 Å². The van der Waals surface area contributed by atoms with Crippen molar-refractivity contribution in [2.75, 3.05) is 45.9 Å². The first-order chi connectivity index (χ1) is 23.0. The van der Waals surface area contributed by atoms with Crippen LogP contribution in [0.15, 0.2) is 128 Å². The lowest BCUT2D eigenvalue weighted by molar-refractivity contribution is -0.127. The standard InChI is InChI=1S/C38H41N3O5S/c1-3-26-45-36(43)40-24-22-39(23-25-40)35(42)21-20-33-28-34(29-41(33)37(44)46-27-4-2)47-38(30-14-8-5-9-15-30,31-16-10-6-11-17-31)32-18-12-7-13-19-32/h3-21,33-34H,1-2,22-29H2/t33-,34+/m1/s1. The fraction of sp³-hybridized carbons (Fsp3) is 0.289. The number of nitrogens with zero attached hydrogens (tertiary/aromatic N) is 3. The number of ether oxygens (including phenoxy) is 2. The van der Waals surface area contributed by atoms with Gasteiger partial charge in [0.05, 0.1) is 10.8 Å². The smallest absolute Gasteiger partial charge is 0.410 e. The van der Waals surface area contributed by atoms with Gasteiger partial charge in [-0.15, -0.1) is 11.8 Å². The van der Waals surface area contributed by atoms with Gasteiger partial charge in [-0.1, -0.05) is 122 Å². The summed E-state index contributed by atoms with van der Waals surface area (Å²) in [7, 11) is 0. The molecule has 2 heterocycles. The fourth-order valence-corrected chi connectivity index (χ4v) is 7.96. The monoisotopic (exact) mass is 651 g/mol. The zero-order valence-corrected chi connectivity index (χ0v) is 27.3. The van der Waals surface area contributed by atoms with E-state index in [1.165, 1.54) is 6.08 Å². The summed E-state index contributed by atoms with van der Waals surface area (Å²) in [6.45, 7) is 9.52. The number of carbonyl (C=O) groups excluding carboxylic acids is 3. The molecule has 0 radical (unpaired) electrons. The molecule has 8 nitrogen and oxygen atoms in total. The zero-order chi connectivity index (χ0) is 33.1. The predicted molar refractivity (Wildman–Crippen MR) is 186 cm³/mol. The quantitative estimate of drug-likeness (QED) is 0.134. The van der Waals surface area contributed by atoms with Gasteiger partial charge >= 0.3 is 12.2 Å². The molecule has 0 aliphatic carbocycles. The molecule has 3 aromatic carbocycles. The van der Waals surface area contributed by atoms with Gasteiger partial charge in [0.1, 0.15) is 13.2 Å². The van der Waals surface area contributed by atoms with Gasteiger partial charge in [-0.05, 0) is 23.1 Å². The molecule has 0 N–H and O–H groups in total. The van der Waals surface area contributed by atoms with E-state index < -0.39 is 16.9 Å². The topological polar surface area (TPSA) is 79.4 Å². The molecule has 5 rings (SSSR count). The number of hydrogen-bond acceptors (Lipinski definition) is 6. The van der Waals surface area contributed by atoms with Crippen molar-refractivity contribution in [3.63, 3.8) is 0 Å². The molecule has 0 unspecified atom stereocenters. The highest BCUT2D eigenvalue weighted by molar-refractivity contribution is 8.01. The average molecular weight is 652 g/mol. The highest BCUT2D eigenvalue weighted by Gasteiger charge is 2.44. The van der Waals surface area contributed by atoms with Crippen LogP contribution in [-0.2, 0) is 19.0 Å². The maximum atomic E-state index is 13.3. The van der Waals surface area contributed by atoms with Crippen LogP contribution in [-0.4, -0.2) is 90.0 Å². The highest BCUT2D eigenvalue weighted by atomic mass is 32.2. The second-order valence-electron chi connectivity index (χ2n) is 11.4. The Balaban J connectivity index is 1.39. The van der Waals surface area contributed by atoms with Crippen molar-refractivity contribution in [1.82, 2.24) is 14.7 Å². The second-order valence-corrected chi connectivity index (χ2v) is 12.9. The summed E-state index contributed by atoms with van der Waals surface area (Å²) in [5, 5.41) is 0.0155. The molecule has 0 aromatic heterocycles. The van der Waals surface area contributed by atoms with Crippen LogP contribution in [0.5, 0.6) is 0 Å². The third-order valence-electron chi connectivity index (χ3n) is 8.38. The van der Waals surface area contributed by atoms with Crippen molar-refractivity contribution in [2.45, 2.75) is 22.5 Å². The van der Waals surface area contributed by atoms with Crippen molar-refractivity contribution >= 4 is 29.9 Å². The summed E-state index contributed by atoms with van der Waals surface area (Å²) in [6.07, 6.45) is 6.23. The summed E-state index contributed by atoms with van der Waals surface area (Å²) >= 11 is 1.82. The van der Waals surface area contributed by atoms with Crippen molar-refractivity contribution in [3.05, 3.63) is 145 Å². The Kier molecular flexibility index (Phi) is 11.6. The lowest BCUT2D eigenvalue weighted by Gasteiger charge is -2.37. The summed E-state index contributed by atoms with van der Waals surface area (Å²) in [5.74, 6) is -0.160. The highest BCUT2D eigenvalue weighted by Crippen LogP contribution is 2.52. The average Bonchev–Trinajstić information content (AvgIpc) is 3.54. The molecule has 3 amide bonds. The number of benzene rings is 3. The number of piperazine rings is 1. The molecule has 2 fully saturated rings. The van der Waals surface area contributed by atoms with Crippen LogP contribution in [0, 0.1) is 0 Å². The molecule has 2 aliphatic heterocycles. The first kappa shape index (κ1) is 33.6. The normalized spacial score (nSPS) is 18.2. The minimum atomic E-state index is -0.550. The fourth-order valence-electron chi connectivity index (χ4n) is 6.12. The van der Waals surface area contributed by atoms with Gasteiger partial charge in [-0.25, -0.2) is 9.59 Å². The Bertz CT molecular complexity index is 1440. The molecule has 2 atom stereocenters. The van der Waals surface area contributed by atoms with E-state index in [-0.39, 0.29) is 30.4 Å². The van der Waals surface area contributed by atoms with Crippen molar-refractivity contribution < 1.29 is 23.9 Å². The molecule has 3 aromatic rings. The minimum Gasteiger partial charge on any atom is -0.445 e. The Labute approximate surface area is 281 Å². The van der Waals surface area contributed by atoms with Gasteiger partial charge < -0.3 is 24.2 Å². The van der Waals surface area contributed by atoms with Gasteiger partial charge in [0.15, 0.2) is 0 Å². The number of amides is 3. The lowest BCUT2D eigenvalue weighted by atomic mass is 9.84. The number of hydrogen-bond donors (Lipinski definition) is 0. The van der Waals surface area contributed by atoms with Crippen LogP contribution in [0.25, 0.3) is 0 Å². The minimum absolute atomic E-state index is 0.0155. The van der Waals surface area contributed by atoms with Gasteiger partial charge in [-0.2, -0.15) is 0 Å². The van der Waals surface area contributed by atoms with E-state index in [4.69, 9.17) is 9.47 Å². The largest absolute Gasteiger partial charge is 0.445 e. The third-order valence-corrected chi connectivity index (χ3v) is 10.1. The Morgan fingerprint density at radius 3 is 1.68 bits per heavy atom. The Morgan fingerprint density at radius 1 is 0.723 bits per heavy atom. The molecule has 0 saturated carbocycles. The van der Waals surface area contributed by atoms with E-state index in [1.807, 2.05) is 36.0 Å². The van der Waals surface area contributed by atoms with E-state index in [2.05, 4.69) is 86.0 Å². The third kappa shape index (κ3) is 7.97. The first-order valence-corrected chi connectivity index (χ1v) is 16.7. The van der Waals surface area contributed by atoms with Gasteiger partial charge in [0.2, 0.25) is 5.91 Å². The summed E-state index contributed by atoms with van der Waals surface area (Å²) in [4.78, 5) is 43.8. The molecule has 0 spiro atoms. The second kappa shape index (κ2) is 16.2. The number of rotatable bonds is 11. The molecule has 244 valence electrons. The van der Waals surface area contributed by atoms with Crippen molar-refractivity contribution in [3.8, 4) is 0 Å². The molecule has 2 aliphatic rings. The Morgan fingerprint density at radius 2 is 1.19 bits per heavy atom. The molecule has 9 heteroatoms. The summed E-state index contributed by atoms with van der Waals surface area (Å²) in [5.41, 5.74) is 3.43. The maximum absolute atomic E-state index is 13.3. The molecular weight excluding hydrogens is 611 g/mol. The van der Waals surface area contributed by atoms with Crippen LogP contribution in [0.2, 0.25) is 0 Å². The molecular formula is C38H41N3O5S.